The third-order valence-corrected chi connectivity index (χ3v) is 8.05. The summed E-state index contributed by atoms with van der Waals surface area (Å²) >= 11 is 0. The summed E-state index contributed by atoms with van der Waals surface area (Å²) in [6.45, 7) is 5.81. The second-order valence-electron chi connectivity index (χ2n) is 9.60. The molecular weight excluding hydrogens is 528 g/mol. The average Bonchev–Trinajstić information content (AvgIpc) is 3.00. The molecule has 0 heterocycles. The van der Waals surface area contributed by atoms with Gasteiger partial charge in [-0.2, -0.15) is 13.0 Å². The molecular formula is C35H33N2O3S+. The standard InChI is InChI=1S/C35H32N2O3S/c1-3-36(29-13-7-5-8-14-29)31-23-19-27(20-24-31)35(33-17-11-12-18-34(33)41(38,39)40)28-21-25-32(26-22-28)37(4-2)30-15-9-6-10-16-30/h5-26H,3-4H2,1-2H3/p+1. The number of rotatable bonds is 8. The van der Waals surface area contributed by atoms with Gasteiger partial charge in [-0.1, -0.05) is 66.7 Å². The Bertz CT molecular complexity index is 1740. The van der Waals surface area contributed by atoms with Gasteiger partial charge < -0.3 is 4.90 Å². The third-order valence-electron chi connectivity index (χ3n) is 7.14. The fourth-order valence-electron chi connectivity index (χ4n) is 5.24. The second-order valence-corrected chi connectivity index (χ2v) is 11.0. The Kier molecular flexibility index (Phi) is 8.43. The van der Waals surface area contributed by atoms with Gasteiger partial charge in [0.2, 0.25) is 11.4 Å². The Hall–Kier alpha value is -4.52. The normalized spacial score (nSPS) is 12.9. The summed E-state index contributed by atoms with van der Waals surface area (Å²) in [6, 6.07) is 35.1. The molecule has 4 aromatic rings. The smallest absolute Gasteiger partial charge is 0.295 e. The van der Waals surface area contributed by atoms with Gasteiger partial charge in [-0.15, -0.1) is 0 Å². The molecule has 0 aromatic heterocycles. The lowest BCUT2D eigenvalue weighted by Gasteiger charge is -2.24. The molecule has 0 radical (unpaired) electrons. The fourth-order valence-corrected chi connectivity index (χ4v) is 5.93. The molecule has 0 bridgehead atoms. The van der Waals surface area contributed by atoms with E-state index >= 15 is 0 Å². The van der Waals surface area contributed by atoms with E-state index in [9.17, 15) is 13.0 Å². The van der Waals surface area contributed by atoms with Crippen molar-refractivity contribution in [2.45, 2.75) is 18.7 Å². The van der Waals surface area contributed by atoms with Crippen LogP contribution in [-0.4, -0.2) is 36.3 Å². The number of benzene rings is 4. The van der Waals surface area contributed by atoms with Gasteiger partial charge in [0.15, 0.2) is 0 Å². The maximum Gasteiger partial charge on any atom is 0.295 e. The van der Waals surface area contributed by atoms with Crippen LogP contribution in [0.3, 0.4) is 0 Å². The first-order chi connectivity index (χ1) is 19.9. The van der Waals surface area contributed by atoms with Crippen molar-refractivity contribution in [3.05, 3.63) is 150 Å². The largest absolute Gasteiger partial charge is 0.342 e. The quantitative estimate of drug-likeness (QED) is 0.176. The topological polar surface area (TPSA) is 60.6 Å². The van der Waals surface area contributed by atoms with Crippen LogP contribution in [0.2, 0.25) is 0 Å². The third kappa shape index (κ3) is 6.14. The monoisotopic (exact) mass is 561 g/mol. The van der Waals surface area contributed by atoms with E-state index in [1.54, 1.807) is 18.2 Å². The Morgan fingerprint density at radius 2 is 1.27 bits per heavy atom. The highest BCUT2D eigenvalue weighted by molar-refractivity contribution is 7.86. The molecule has 5 nitrogen and oxygen atoms in total. The van der Waals surface area contributed by atoms with Crippen molar-refractivity contribution in [1.29, 1.82) is 0 Å². The molecule has 0 spiro atoms. The van der Waals surface area contributed by atoms with E-state index in [-0.39, 0.29) is 4.90 Å². The van der Waals surface area contributed by atoms with Crippen molar-refractivity contribution in [3.63, 3.8) is 0 Å². The number of hydrogen-bond acceptors (Lipinski definition) is 3. The number of para-hydroxylation sites is 2. The van der Waals surface area contributed by atoms with Gasteiger partial charge >= 0.3 is 0 Å². The number of nitrogens with zero attached hydrogens (tertiary/aromatic N) is 2. The van der Waals surface area contributed by atoms with Crippen molar-refractivity contribution in [3.8, 4) is 0 Å². The molecule has 206 valence electrons. The summed E-state index contributed by atoms with van der Waals surface area (Å²) in [6.07, 6.45) is 8.11. The minimum Gasteiger partial charge on any atom is -0.342 e. The summed E-state index contributed by atoms with van der Waals surface area (Å²) in [7, 11) is -4.45. The van der Waals surface area contributed by atoms with Crippen molar-refractivity contribution in [2.24, 2.45) is 0 Å². The number of hydrogen-bond donors (Lipinski definition) is 1. The number of allylic oxidation sites excluding steroid dienone is 5. The lowest BCUT2D eigenvalue weighted by atomic mass is 9.90. The van der Waals surface area contributed by atoms with Gasteiger partial charge in [0, 0.05) is 47.8 Å². The SMILES string of the molecule is CCN(c1ccccc1)c1ccc(C(=C2C=CC(=[N+](CC)c3ccccc3)C=C2)c2ccccc2S(=O)(=O)O)cc1. The first-order valence-electron chi connectivity index (χ1n) is 13.7. The van der Waals surface area contributed by atoms with E-state index in [4.69, 9.17) is 0 Å². The molecule has 1 N–H and O–H groups in total. The van der Waals surface area contributed by atoms with E-state index in [0.29, 0.717) is 5.56 Å². The average molecular weight is 562 g/mol. The summed E-state index contributed by atoms with van der Waals surface area (Å²) in [5.41, 5.74) is 7.11. The van der Waals surface area contributed by atoms with Crippen LogP contribution in [-0.2, 0) is 10.1 Å². The molecule has 0 amide bonds. The molecule has 5 rings (SSSR count). The molecule has 6 heteroatoms. The lowest BCUT2D eigenvalue weighted by Crippen LogP contribution is -2.16. The van der Waals surface area contributed by atoms with Gasteiger partial charge in [0.1, 0.15) is 11.4 Å². The highest BCUT2D eigenvalue weighted by atomic mass is 32.2. The molecule has 4 aromatic carbocycles. The summed E-state index contributed by atoms with van der Waals surface area (Å²) in [5.74, 6) is 0. The first-order valence-corrected chi connectivity index (χ1v) is 15.1. The minimum absolute atomic E-state index is 0.123. The van der Waals surface area contributed by atoms with Crippen LogP contribution in [0.25, 0.3) is 5.57 Å². The molecule has 1 aliphatic rings. The van der Waals surface area contributed by atoms with Crippen LogP contribution >= 0.6 is 0 Å². The van der Waals surface area contributed by atoms with Crippen LogP contribution in [0.5, 0.6) is 0 Å². The van der Waals surface area contributed by atoms with E-state index < -0.39 is 10.1 Å². The van der Waals surface area contributed by atoms with Gasteiger partial charge in [0.05, 0.1) is 0 Å². The lowest BCUT2D eigenvalue weighted by molar-refractivity contribution is -0.434. The van der Waals surface area contributed by atoms with Gasteiger partial charge in [-0.3, -0.25) is 4.55 Å². The summed E-state index contributed by atoms with van der Waals surface area (Å²) in [5, 5.41) is 0. The molecule has 41 heavy (non-hydrogen) atoms. The highest BCUT2D eigenvalue weighted by Crippen LogP contribution is 2.35. The van der Waals surface area contributed by atoms with E-state index in [1.165, 1.54) is 6.07 Å². The van der Waals surface area contributed by atoms with Crippen molar-refractivity contribution in [1.82, 2.24) is 0 Å². The molecule has 0 fully saturated rings. The van der Waals surface area contributed by atoms with Crippen LogP contribution in [0.15, 0.2) is 144 Å². The first kappa shape index (κ1) is 28.0. The Morgan fingerprint density at radius 1 is 0.707 bits per heavy atom. The zero-order valence-electron chi connectivity index (χ0n) is 23.2. The van der Waals surface area contributed by atoms with E-state index in [1.807, 2.05) is 85.0 Å². The molecule has 0 saturated carbocycles. The number of anilines is 2. The fraction of sp³-hybridized carbons (Fsp3) is 0.114. The maximum absolute atomic E-state index is 12.4. The molecule has 0 aliphatic heterocycles. The Balaban J connectivity index is 1.64. The van der Waals surface area contributed by atoms with Crippen molar-refractivity contribution >= 4 is 38.5 Å². The Morgan fingerprint density at radius 3 is 1.85 bits per heavy atom. The van der Waals surface area contributed by atoms with Crippen LogP contribution in [0.1, 0.15) is 25.0 Å². The van der Waals surface area contributed by atoms with Gasteiger partial charge in [-0.25, -0.2) is 0 Å². The van der Waals surface area contributed by atoms with Crippen molar-refractivity contribution in [2.75, 3.05) is 18.0 Å². The van der Waals surface area contributed by atoms with Crippen molar-refractivity contribution < 1.29 is 17.5 Å². The second kappa shape index (κ2) is 12.3. The minimum atomic E-state index is -4.45. The van der Waals surface area contributed by atoms with Crippen LogP contribution in [0.4, 0.5) is 17.1 Å². The zero-order valence-corrected chi connectivity index (χ0v) is 24.0. The zero-order chi connectivity index (χ0) is 28.8. The van der Waals surface area contributed by atoms with Gasteiger partial charge in [-0.05, 0) is 73.0 Å². The molecule has 0 atom stereocenters. The maximum atomic E-state index is 12.4. The van der Waals surface area contributed by atoms with E-state index in [2.05, 4.69) is 47.6 Å². The Labute approximate surface area is 242 Å². The van der Waals surface area contributed by atoms with E-state index in [0.717, 1.165) is 52.6 Å². The van der Waals surface area contributed by atoms with Gasteiger partial charge in [0.25, 0.3) is 10.1 Å². The predicted molar refractivity (Wildman–Crippen MR) is 168 cm³/mol. The summed E-state index contributed by atoms with van der Waals surface area (Å²) in [4.78, 5) is 2.09. The molecule has 1 aliphatic carbocycles. The highest BCUT2D eigenvalue weighted by Gasteiger charge is 2.22. The molecule has 0 unspecified atom stereocenters. The van der Waals surface area contributed by atoms with Crippen LogP contribution < -0.4 is 4.90 Å². The molecule has 0 saturated heterocycles. The summed E-state index contributed by atoms with van der Waals surface area (Å²) < 4.78 is 37.2. The van der Waals surface area contributed by atoms with Crippen LogP contribution in [0, 0.1) is 0 Å². The predicted octanol–water partition coefficient (Wildman–Crippen LogP) is 7.82.